The molecule has 0 amide bonds. The van der Waals surface area contributed by atoms with Crippen molar-refractivity contribution in [3.8, 4) is 0 Å². The topological polar surface area (TPSA) is 30.0 Å². The van der Waals surface area contributed by atoms with Gasteiger partial charge in [-0.25, -0.2) is 0 Å². The van der Waals surface area contributed by atoms with E-state index in [9.17, 15) is 0 Å². The van der Waals surface area contributed by atoms with Gasteiger partial charge in [-0.15, -0.1) is 0 Å². The third-order valence-electron chi connectivity index (χ3n) is 0. The van der Waals surface area contributed by atoms with E-state index < -0.39 is 0 Å². The van der Waals surface area contributed by atoms with Crippen molar-refractivity contribution in [2.45, 2.75) is 0 Å². The van der Waals surface area contributed by atoms with Gasteiger partial charge in [0, 0.05) is 58.4 Å². The normalized spacial score (nSPS) is 0. The monoisotopic (exact) mass is 381 g/mol. The van der Waals surface area contributed by atoms with Crippen LogP contribution in [0.25, 0.3) is 0 Å². The zero-order valence-electron chi connectivity index (χ0n) is 2.38. The average Bonchev–Trinajstić information content (AvgIpc) is 0. The Morgan fingerprint density at radius 3 is 1.00 bits per heavy atom. The van der Waals surface area contributed by atoms with Crippen LogP contribution in [-0.2, 0) is 17.1 Å². The van der Waals surface area contributed by atoms with Gasteiger partial charge in [0.15, 0.2) is 0 Å². The van der Waals surface area contributed by atoms with Crippen LogP contribution in [0.5, 0.6) is 0 Å². The van der Waals surface area contributed by atoms with Gasteiger partial charge in [0.2, 0.25) is 0 Å². The molecular formula is H6FeGeOPrSr. The van der Waals surface area contributed by atoms with Gasteiger partial charge in [0.25, 0.3) is 0 Å². The molecule has 0 spiro atoms. The predicted molar refractivity (Wildman–Crippen MR) is 20.4 cm³/mol. The van der Waals surface area contributed by atoms with Crippen molar-refractivity contribution in [3.05, 3.63) is 0 Å². The molecule has 5 heavy (non-hydrogen) atoms. The molecule has 0 aliphatic carbocycles. The van der Waals surface area contributed by atoms with Gasteiger partial charge in [0.1, 0.15) is 0 Å². The second kappa shape index (κ2) is 24.8. The van der Waals surface area contributed by atoms with Gasteiger partial charge >= 0.3 is 63.1 Å². The number of hydrogen-bond donors (Lipinski definition) is 0. The van der Waals surface area contributed by atoms with Gasteiger partial charge in [-0.3, -0.25) is 0 Å². The maximum atomic E-state index is 0. The molecule has 0 aromatic rings. The summed E-state index contributed by atoms with van der Waals surface area (Å²) in [6.07, 6.45) is 0. The first kappa shape index (κ1) is 36.7. The first-order valence-corrected chi connectivity index (χ1v) is 0. The van der Waals surface area contributed by atoms with Crippen LogP contribution in [0.15, 0.2) is 0 Å². The Bertz CT molecular complexity index is 11.6. The molecule has 1 nitrogen and oxygen atoms in total. The molecule has 0 aliphatic rings. The van der Waals surface area contributed by atoms with Gasteiger partial charge in [-0.05, 0) is 0 Å². The number of rotatable bonds is 0. The molecule has 0 rings (SSSR count). The SMILES string of the molecule is [Fe].[GeH4].[OH-].[Pr].[SrH+]. The molecule has 0 bridgehead atoms. The van der Waals surface area contributed by atoms with Crippen LogP contribution in [0.4, 0.5) is 0 Å². The van der Waals surface area contributed by atoms with Crippen molar-refractivity contribution in [2.24, 2.45) is 0 Å². The van der Waals surface area contributed by atoms with Crippen molar-refractivity contribution in [1.82, 2.24) is 0 Å². The second-order valence-corrected chi connectivity index (χ2v) is 0. The zero-order chi connectivity index (χ0) is 0. The molecular weight excluding hydrogens is 373 g/mol. The van der Waals surface area contributed by atoms with Crippen molar-refractivity contribution in [3.63, 3.8) is 0 Å². The molecule has 5 heteroatoms. The molecule has 0 saturated carbocycles. The van der Waals surface area contributed by atoms with Gasteiger partial charge in [-0.1, -0.05) is 0 Å². The molecule has 0 aliphatic heterocycles. The molecule has 0 unspecified atom stereocenters. The molecule has 0 atom stereocenters. The third-order valence-corrected chi connectivity index (χ3v) is 0. The maximum absolute atomic E-state index is 0. The summed E-state index contributed by atoms with van der Waals surface area (Å²) in [6, 6.07) is 0. The van der Waals surface area contributed by atoms with Crippen LogP contribution in [-0.4, -0.2) is 68.6 Å². The van der Waals surface area contributed by atoms with E-state index in [4.69, 9.17) is 0 Å². The summed E-state index contributed by atoms with van der Waals surface area (Å²) in [7, 11) is 0. The minimum atomic E-state index is 0. The molecule has 0 heterocycles. The Morgan fingerprint density at radius 2 is 1.00 bits per heavy atom. The van der Waals surface area contributed by atoms with Crippen molar-refractivity contribution < 1.29 is 63.8 Å². The Hall–Kier alpha value is 3.87. The molecule has 29 valence electrons. The van der Waals surface area contributed by atoms with Gasteiger partial charge in [0.05, 0.1) is 0 Å². The Morgan fingerprint density at radius 1 is 1.00 bits per heavy atom. The van der Waals surface area contributed by atoms with E-state index >= 15 is 0 Å². The van der Waals surface area contributed by atoms with Crippen LogP contribution >= 0.6 is 0 Å². The van der Waals surface area contributed by atoms with Gasteiger partial charge in [-0.2, -0.15) is 0 Å². The van der Waals surface area contributed by atoms with E-state index in [0.29, 0.717) is 0 Å². The summed E-state index contributed by atoms with van der Waals surface area (Å²) in [5, 5.41) is 0. The summed E-state index contributed by atoms with van der Waals surface area (Å²) in [5.41, 5.74) is 0. The van der Waals surface area contributed by atoms with E-state index in [1.54, 1.807) is 0 Å². The molecule has 0 aromatic heterocycles. The molecule has 1 N–H and O–H groups in total. The number of hydrogen-bond acceptors (Lipinski definition) is 1. The standard InChI is InChI=1S/Fe.GeH4.H2O.Pr.Sr.H/h;1H4;1H2;;;/q;;;;+1;/p-1. The molecule has 0 saturated heterocycles. The average molecular weight is 379 g/mol. The van der Waals surface area contributed by atoms with E-state index in [1.165, 1.54) is 0 Å². The van der Waals surface area contributed by atoms with Crippen LogP contribution in [0.2, 0.25) is 0 Å². The first-order valence-electron chi connectivity index (χ1n) is 0. The summed E-state index contributed by atoms with van der Waals surface area (Å²) < 4.78 is 0. The van der Waals surface area contributed by atoms with E-state index in [2.05, 4.69) is 0 Å². The fourth-order valence-corrected chi connectivity index (χ4v) is 0. The third kappa shape index (κ3) is 18.1. The fraction of sp³-hybridized carbons (Fsp3) is 0. The first-order chi connectivity index (χ1) is 0. The Kier molecular flexibility index (Phi) is 182. The minimum absolute atomic E-state index is 0. The van der Waals surface area contributed by atoms with Crippen molar-refractivity contribution in [1.29, 1.82) is 0 Å². The summed E-state index contributed by atoms with van der Waals surface area (Å²) in [5.74, 6) is 0. The van der Waals surface area contributed by atoms with E-state index in [-0.39, 0.29) is 127 Å². The predicted octanol–water partition coefficient (Wildman–Crippen LogP) is -2.28. The molecule has 0 aromatic carbocycles. The second-order valence-electron chi connectivity index (χ2n) is 0. The summed E-state index contributed by atoms with van der Waals surface area (Å²) in [4.78, 5) is 0. The van der Waals surface area contributed by atoms with Crippen LogP contribution < -0.4 is 0 Å². The van der Waals surface area contributed by atoms with Crippen LogP contribution in [0.1, 0.15) is 0 Å². The quantitative estimate of drug-likeness (QED) is 0.437. The Labute approximate surface area is 123 Å². The summed E-state index contributed by atoms with van der Waals surface area (Å²) in [6.45, 7) is 0. The molecule has 1 radical (unpaired) electrons. The van der Waals surface area contributed by atoms with Crippen molar-refractivity contribution >= 4 is 63.1 Å². The van der Waals surface area contributed by atoms with E-state index in [1.807, 2.05) is 0 Å². The summed E-state index contributed by atoms with van der Waals surface area (Å²) >= 11 is 0. The van der Waals surface area contributed by atoms with Gasteiger partial charge < -0.3 is 5.48 Å². The Balaban J connectivity index is 0. The molecule has 0 fully saturated rings. The van der Waals surface area contributed by atoms with Crippen molar-refractivity contribution in [2.75, 3.05) is 0 Å². The van der Waals surface area contributed by atoms with Crippen LogP contribution in [0, 0.1) is 41.3 Å². The fourth-order valence-electron chi connectivity index (χ4n) is 0. The van der Waals surface area contributed by atoms with Crippen LogP contribution in [0.3, 0.4) is 0 Å². The van der Waals surface area contributed by atoms with E-state index in [0.717, 1.165) is 0 Å². The zero-order valence-corrected chi connectivity index (χ0v) is 12.1.